The normalized spacial score (nSPS) is 16.1. The lowest BCUT2D eigenvalue weighted by Crippen LogP contribution is -2.02. The van der Waals surface area contributed by atoms with Gasteiger partial charge in [0.15, 0.2) is 0 Å². The highest BCUT2D eigenvalue weighted by Crippen LogP contribution is 2.23. The van der Waals surface area contributed by atoms with E-state index in [1.165, 1.54) is 28.4 Å². The van der Waals surface area contributed by atoms with Gasteiger partial charge in [-0.3, -0.25) is 0 Å². The van der Waals surface area contributed by atoms with E-state index in [9.17, 15) is 0 Å². The first kappa shape index (κ1) is 7.35. The van der Waals surface area contributed by atoms with E-state index >= 15 is 0 Å². The van der Waals surface area contributed by atoms with Crippen LogP contribution in [0, 0.1) is 6.42 Å². The predicted molar refractivity (Wildman–Crippen MR) is 50.5 cm³/mol. The van der Waals surface area contributed by atoms with Gasteiger partial charge in [-0.25, -0.2) is 0 Å². The van der Waals surface area contributed by atoms with Crippen molar-refractivity contribution < 1.29 is 0 Å². The Hall–Kier alpha value is -0.300. The van der Waals surface area contributed by atoms with E-state index in [0.717, 1.165) is 6.42 Å². The van der Waals surface area contributed by atoms with Crippen molar-refractivity contribution in [1.29, 1.82) is 0 Å². The van der Waals surface area contributed by atoms with E-state index in [1.54, 1.807) is 0 Å². The van der Waals surface area contributed by atoms with E-state index < -0.39 is 0 Å². The van der Waals surface area contributed by atoms with Gasteiger partial charge < -0.3 is 0 Å². The van der Waals surface area contributed by atoms with E-state index in [-0.39, 0.29) is 0 Å². The molecule has 1 aromatic carbocycles. The third-order valence-electron chi connectivity index (χ3n) is 2.15. The van der Waals surface area contributed by atoms with Crippen molar-refractivity contribution in [2.75, 3.05) is 0 Å². The zero-order chi connectivity index (χ0) is 7.68. The molecule has 0 amide bonds. The van der Waals surface area contributed by atoms with Crippen LogP contribution in [0.1, 0.15) is 17.5 Å². The SMILES string of the molecule is Brc1ccc2c(c1)CC[CH]C2. The molecule has 0 aromatic heterocycles. The first-order chi connectivity index (χ1) is 5.36. The summed E-state index contributed by atoms with van der Waals surface area (Å²) in [6.07, 6.45) is 5.97. The van der Waals surface area contributed by atoms with Gasteiger partial charge in [-0.2, -0.15) is 0 Å². The van der Waals surface area contributed by atoms with Crippen molar-refractivity contribution in [3.8, 4) is 0 Å². The molecule has 0 bridgehead atoms. The average Bonchev–Trinajstić information content (AvgIpc) is 2.04. The highest BCUT2D eigenvalue weighted by molar-refractivity contribution is 9.10. The van der Waals surface area contributed by atoms with Gasteiger partial charge in [0.05, 0.1) is 0 Å². The van der Waals surface area contributed by atoms with E-state index in [4.69, 9.17) is 0 Å². The van der Waals surface area contributed by atoms with Crippen molar-refractivity contribution in [2.24, 2.45) is 0 Å². The number of rotatable bonds is 0. The number of hydrogen-bond donors (Lipinski definition) is 0. The maximum absolute atomic E-state index is 3.48. The first-order valence-corrected chi connectivity index (χ1v) is 4.74. The maximum atomic E-state index is 3.48. The van der Waals surface area contributed by atoms with Gasteiger partial charge in [-0.1, -0.05) is 22.0 Å². The van der Waals surface area contributed by atoms with Gasteiger partial charge in [-0.15, -0.1) is 0 Å². The Bertz CT molecular complexity index is 266. The topological polar surface area (TPSA) is 0 Å². The molecular formula is C10H10Br. The maximum Gasteiger partial charge on any atom is 0.0178 e. The molecule has 1 radical (unpaired) electrons. The standard InChI is InChI=1S/C10H10Br/c11-10-6-5-8-3-1-2-4-9(8)7-10/h1,5-7H,2-4H2. The van der Waals surface area contributed by atoms with Crippen LogP contribution in [-0.2, 0) is 12.8 Å². The van der Waals surface area contributed by atoms with Crippen molar-refractivity contribution in [1.82, 2.24) is 0 Å². The second-order valence-electron chi connectivity index (χ2n) is 2.94. The minimum Gasteiger partial charge on any atom is -0.0576 e. The molecule has 0 atom stereocenters. The van der Waals surface area contributed by atoms with Crippen LogP contribution >= 0.6 is 15.9 Å². The molecule has 57 valence electrons. The molecule has 1 heteroatoms. The summed E-state index contributed by atoms with van der Waals surface area (Å²) in [5.41, 5.74) is 3.02. The van der Waals surface area contributed by atoms with Crippen LogP contribution in [0.3, 0.4) is 0 Å². The smallest absolute Gasteiger partial charge is 0.0178 e. The highest BCUT2D eigenvalue weighted by Gasteiger charge is 2.08. The molecule has 1 aromatic rings. The Balaban J connectivity index is 2.43. The Morgan fingerprint density at radius 3 is 3.00 bits per heavy atom. The third-order valence-corrected chi connectivity index (χ3v) is 2.64. The van der Waals surface area contributed by atoms with E-state index in [1.807, 2.05) is 0 Å². The Kier molecular flexibility index (Phi) is 1.99. The first-order valence-electron chi connectivity index (χ1n) is 3.95. The fourth-order valence-corrected chi connectivity index (χ4v) is 1.95. The van der Waals surface area contributed by atoms with Gasteiger partial charge in [0.2, 0.25) is 0 Å². The van der Waals surface area contributed by atoms with Crippen LogP contribution < -0.4 is 0 Å². The fraction of sp³-hybridized carbons (Fsp3) is 0.300. The summed E-state index contributed by atoms with van der Waals surface area (Å²) >= 11 is 3.48. The van der Waals surface area contributed by atoms with Crippen LogP contribution in [0.15, 0.2) is 22.7 Å². The van der Waals surface area contributed by atoms with Crippen LogP contribution in [0.5, 0.6) is 0 Å². The quantitative estimate of drug-likeness (QED) is 0.617. The van der Waals surface area contributed by atoms with Gasteiger partial charge in [0.1, 0.15) is 0 Å². The summed E-state index contributed by atoms with van der Waals surface area (Å²) < 4.78 is 1.21. The van der Waals surface area contributed by atoms with Gasteiger partial charge >= 0.3 is 0 Å². The second kappa shape index (κ2) is 2.98. The zero-order valence-corrected chi connectivity index (χ0v) is 7.89. The number of aryl methyl sites for hydroxylation is 1. The molecule has 1 aliphatic carbocycles. The van der Waals surface area contributed by atoms with Crippen molar-refractivity contribution in [3.63, 3.8) is 0 Å². The zero-order valence-electron chi connectivity index (χ0n) is 6.31. The summed E-state index contributed by atoms with van der Waals surface area (Å²) in [5.74, 6) is 0. The summed E-state index contributed by atoms with van der Waals surface area (Å²) in [4.78, 5) is 0. The molecule has 0 N–H and O–H groups in total. The minimum atomic E-state index is 1.16. The van der Waals surface area contributed by atoms with Crippen molar-refractivity contribution in [2.45, 2.75) is 19.3 Å². The summed E-state index contributed by atoms with van der Waals surface area (Å²) in [6.45, 7) is 0. The molecule has 1 aliphatic rings. The average molecular weight is 210 g/mol. The number of fused-ring (bicyclic) bond motifs is 1. The second-order valence-corrected chi connectivity index (χ2v) is 3.86. The Morgan fingerprint density at radius 2 is 2.09 bits per heavy atom. The molecule has 0 heterocycles. The van der Waals surface area contributed by atoms with Crippen LogP contribution in [0.4, 0.5) is 0 Å². The largest absolute Gasteiger partial charge is 0.0576 e. The van der Waals surface area contributed by atoms with Gasteiger partial charge in [0, 0.05) is 4.47 Å². The molecule has 0 saturated heterocycles. The molecule has 0 spiro atoms. The molecule has 11 heavy (non-hydrogen) atoms. The molecule has 0 fully saturated rings. The summed E-state index contributed by atoms with van der Waals surface area (Å²) in [7, 11) is 0. The van der Waals surface area contributed by atoms with Crippen molar-refractivity contribution in [3.05, 3.63) is 40.2 Å². The fourth-order valence-electron chi connectivity index (χ4n) is 1.54. The number of halogens is 1. The minimum absolute atomic E-state index is 1.16. The van der Waals surface area contributed by atoms with Gasteiger partial charge in [-0.05, 0) is 48.9 Å². The molecule has 0 unspecified atom stereocenters. The lowest BCUT2D eigenvalue weighted by Gasteiger charge is -2.14. The van der Waals surface area contributed by atoms with Crippen LogP contribution in [-0.4, -0.2) is 0 Å². The molecule has 0 nitrogen and oxygen atoms in total. The Morgan fingerprint density at radius 1 is 1.18 bits per heavy atom. The van der Waals surface area contributed by atoms with Gasteiger partial charge in [0.25, 0.3) is 0 Å². The highest BCUT2D eigenvalue weighted by atomic mass is 79.9. The monoisotopic (exact) mass is 209 g/mol. The number of benzene rings is 1. The van der Waals surface area contributed by atoms with Crippen LogP contribution in [0.25, 0.3) is 0 Å². The third kappa shape index (κ3) is 1.48. The summed E-state index contributed by atoms with van der Waals surface area (Å²) in [6, 6.07) is 6.58. The Labute approximate surface area is 75.8 Å². The van der Waals surface area contributed by atoms with Crippen molar-refractivity contribution >= 4 is 15.9 Å². The molecule has 0 aliphatic heterocycles. The predicted octanol–water partition coefficient (Wildman–Crippen LogP) is 3.14. The number of hydrogen-bond acceptors (Lipinski definition) is 0. The molecule has 2 rings (SSSR count). The summed E-state index contributed by atoms with van der Waals surface area (Å²) in [5, 5.41) is 0. The molecular weight excluding hydrogens is 200 g/mol. The lowest BCUT2D eigenvalue weighted by atomic mass is 9.92. The van der Waals surface area contributed by atoms with Crippen LogP contribution in [0.2, 0.25) is 0 Å². The van der Waals surface area contributed by atoms with E-state index in [0.29, 0.717) is 0 Å². The van der Waals surface area contributed by atoms with E-state index in [2.05, 4.69) is 40.5 Å². The molecule has 0 saturated carbocycles. The lowest BCUT2D eigenvalue weighted by molar-refractivity contribution is 0.828.